The van der Waals surface area contributed by atoms with E-state index in [1.807, 2.05) is 0 Å². The van der Waals surface area contributed by atoms with Crippen molar-refractivity contribution in [1.29, 1.82) is 0 Å². The lowest BCUT2D eigenvalue weighted by molar-refractivity contribution is -0.179. The fourth-order valence-electron chi connectivity index (χ4n) is 1.20. The Kier molecular flexibility index (Phi) is 5.53. The maximum atomic E-state index is 12.0. The van der Waals surface area contributed by atoms with Crippen LogP contribution in [0.4, 0.5) is 5.13 Å². The largest absolute Gasteiger partial charge is 0.457 e. The van der Waals surface area contributed by atoms with Crippen molar-refractivity contribution in [2.24, 2.45) is 5.16 Å². The minimum absolute atomic E-state index is 0.110. The molecule has 0 bridgehead atoms. The third-order valence-electron chi connectivity index (χ3n) is 2.22. The van der Waals surface area contributed by atoms with Crippen LogP contribution in [-0.2, 0) is 19.2 Å². The molecule has 7 nitrogen and oxygen atoms in total. The summed E-state index contributed by atoms with van der Waals surface area (Å²) >= 11 is 6.91. The summed E-state index contributed by atoms with van der Waals surface area (Å²) < 4.78 is 5.43. The highest BCUT2D eigenvalue weighted by Crippen LogP contribution is 2.26. The molecule has 22 heavy (non-hydrogen) atoms. The van der Waals surface area contributed by atoms with Crippen LogP contribution in [0.15, 0.2) is 5.16 Å². The number of nitrogens with two attached hydrogens (primary N) is 1. The molecule has 0 saturated carbocycles. The highest BCUT2D eigenvalue weighted by Gasteiger charge is 2.35. The normalized spacial score (nSPS) is 12.9. The second kappa shape index (κ2) is 6.62. The van der Waals surface area contributed by atoms with E-state index in [1.54, 1.807) is 20.8 Å². The minimum Gasteiger partial charge on any atom is -0.457 e. The van der Waals surface area contributed by atoms with Gasteiger partial charge >= 0.3 is 5.97 Å². The lowest BCUT2D eigenvalue weighted by Gasteiger charge is -2.26. The van der Waals surface area contributed by atoms with Gasteiger partial charge in [-0.25, -0.2) is 9.78 Å². The maximum Gasteiger partial charge on any atom is 0.353 e. The summed E-state index contributed by atoms with van der Waals surface area (Å²) in [6, 6.07) is 0. The van der Waals surface area contributed by atoms with Crippen LogP contribution >= 0.6 is 22.9 Å². The van der Waals surface area contributed by atoms with E-state index in [1.165, 1.54) is 13.8 Å². The van der Waals surface area contributed by atoms with E-state index in [0.717, 1.165) is 11.3 Å². The number of aldehydes is 1. The van der Waals surface area contributed by atoms with Gasteiger partial charge in [0.15, 0.2) is 17.1 Å². The Bertz CT molecular complexity index is 605. The van der Waals surface area contributed by atoms with Gasteiger partial charge in [-0.3, -0.25) is 4.79 Å². The van der Waals surface area contributed by atoms with Crippen molar-refractivity contribution in [1.82, 2.24) is 4.98 Å². The van der Waals surface area contributed by atoms with E-state index in [9.17, 15) is 9.59 Å². The van der Waals surface area contributed by atoms with Gasteiger partial charge in [0.2, 0.25) is 5.60 Å². The zero-order valence-electron chi connectivity index (χ0n) is 13.0. The van der Waals surface area contributed by atoms with Gasteiger partial charge in [0.25, 0.3) is 0 Å². The van der Waals surface area contributed by atoms with Crippen molar-refractivity contribution < 1.29 is 19.2 Å². The van der Waals surface area contributed by atoms with Gasteiger partial charge in [-0.05, 0) is 34.6 Å². The molecule has 9 heteroatoms. The zero-order chi connectivity index (χ0) is 17.1. The molecule has 1 aromatic heterocycles. The van der Waals surface area contributed by atoms with Gasteiger partial charge in [-0.15, -0.1) is 0 Å². The predicted octanol–water partition coefficient (Wildman–Crippen LogP) is 2.42. The van der Waals surface area contributed by atoms with E-state index in [0.29, 0.717) is 6.29 Å². The average molecular weight is 348 g/mol. The SMILES string of the molecule is CC(C)(C)OC(=O)C(C)(C)ON=C(C=O)c1nc(N)sc1Cl. The highest BCUT2D eigenvalue weighted by atomic mass is 35.5. The highest BCUT2D eigenvalue weighted by molar-refractivity contribution is 7.19. The van der Waals surface area contributed by atoms with Crippen molar-refractivity contribution in [2.45, 2.75) is 45.8 Å². The summed E-state index contributed by atoms with van der Waals surface area (Å²) in [6.07, 6.45) is 0.422. The number of carbonyl (C=O) groups is 2. The fraction of sp³-hybridized carbons (Fsp3) is 0.538. The third-order valence-corrected chi connectivity index (χ3v) is 3.30. The third kappa shape index (κ3) is 4.96. The number of oxime groups is 1. The van der Waals surface area contributed by atoms with Crippen molar-refractivity contribution >= 4 is 46.0 Å². The molecule has 0 unspecified atom stereocenters. The Morgan fingerprint density at radius 2 is 1.95 bits per heavy atom. The number of ether oxygens (including phenoxy) is 1. The van der Waals surface area contributed by atoms with Gasteiger partial charge in [0.1, 0.15) is 15.6 Å². The number of hydrogen-bond acceptors (Lipinski definition) is 8. The van der Waals surface area contributed by atoms with Gasteiger partial charge in [0, 0.05) is 0 Å². The second-order valence-corrected chi connectivity index (χ2v) is 7.51. The first kappa shape index (κ1) is 18.4. The number of hydrogen-bond donors (Lipinski definition) is 1. The minimum atomic E-state index is -1.38. The number of carbonyl (C=O) groups excluding carboxylic acids is 2. The lowest BCUT2D eigenvalue weighted by Crippen LogP contribution is -2.40. The molecular formula is C13H18ClN3O4S. The number of nitrogens with zero attached hydrogens (tertiary/aromatic N) is 2. The van der Waals surface area contributed by atoms with E-state index in [2.05, 4.69) is 10.1 Å². The van der Waals surface area contributed by atoms with Crippen LogP contribution in [-0.4, -0.2) is 34.2 Å². The summed E-state index contributed by atoms with van der Waals surface area (Å²) in [6.45, 7) is 8.16. The summed E-state index contributed by atoms with van der Waals surface area (Å²) in [5, 5.41) is 3.86. The van der Waals surface area contributed by atoms with Crippen LogP contribution in [0.25, 0.3) is 0 Å². The molecule has 0 aliphatic heterocycles. The molecule has 0 fully saturated rings. The Balaban J connectivity index is 2.94. The Hall–Kier alpha value is -1.67. The molecule has 0 saturated heterocycles. The summed E-state index contributed by atoms with van der Waals surface area (Å²) in [4.78, 5) is 32.2. The van der Waals surface area contributed by atoms with Crippen molar-refractivity contribution in [3.8, 4) is 0 Å². The lowest BCUT2D eigenvalue weighted by atomic mass is 10.1. The molecule has 0 spiro atoms. The monoisotopic (exact) mass is 347 g/mol. The number of anilines is 1. The quantitative estimate of drug-likeness (QED) is 0.379. The van der Waals surface area contributed by atoms with Crippen LogP contribution in [0.3, 0.4) is 0 Å². The molecule has 1 heterocycles. The molecule has 2 N–H and O–H groups in total. The molecule has 1 rings (SSSR count). The first-order valence-corrected chi connectivity index (χ1v) is 7.52. The molecule has 0 aliphatic rings. The van der Waals surface area contributed by atoms with Gasteiger partial charge in [-0.2, -0.15) is 0 Å². The standard InChI is InChI=1S/C13H18ClN3O4S/c1-12(2,3)20-10(19)13(4,5)21-17-7(6-18)8-9(14)22-11(15)16-8/h6H,1-5H3,(H2,15,16). The van der Waals surface area contributed by atoms with Crippen LogP contribution in [0.1, 0.15) is 40.3 Å². The number of esters is 1. The molecule has 0 amide bonds. The summed E-state index contributed by atoms with van der Waals surface area (Å²) in [5.74, 6) is -0.613. The van der Waals surface area contributed by atoms with Crippen molar-refractivity contribution in [3.63, 3.8) is 0 Å². The van der Waals surface area contributed by atoms with E-state index >= 15 is 0 Å². The number of halogens is 1. The Morgan fingerprint density at radius 3 is 2.36 bits per heavy atom. The molecular weight excluding hydrogens is 330 g/mol. The first-order chi connectivity index (χ1) is 9.96. The first-order valence-electron chi connectivity index (χ1n) is 6.33. The van der Waals surface area contributed by atoms with Crippen molar-refractivity contribution in [2.75, 3.05) is 5.73 Å². The maximum absolute atomic E-state index is 12.0. The van der Waals surface area contributed by atoms with Crippen LogP contribution in [0.2, 0.25) is 4.34 Å². The van der Waals surface area contributed by atoms with E-state index in [4.69, 9.17) is 26.9 Å². The van der Waals surface area contributed by atoms with Crippen LogP contribution < -0.4 is 5.73 Å². The number of aromatic nitrogens is 1. The predicted molar refractivity (Wildman–Crippen MR) is 85.1 cm³/mol. The molecule has 0 aliphatic carbocycles. The fourth-order valence-corrected chi connectivity index (χ4v) is 2.14. The smallest absolute Gasteiger partial charge is 0.353 e. The molecule has 0 aromatic carbocycles. The van der Waals surface area contributed by atoms with E-state index in [-0.39, 0.29) is 20.9 Å². The van der Waals surface area contributed by atoms with Crippen molar-refractivity contribution in [3.05, 3.63) is 10.0 Å². The number of rotatable bonds is 5. The second-order valence-electron chi connectivity index (χ2n) is 5.87. The topological polar surface area (TPSA) is 104 Å². The number of nitrogen functional groups attached to an aromatic ring is 1. The summed E-state index contributed by atoms with van der Waals surface area (Å²) in [7, 11) is 0. The number of thiazole rings is 1. The van der Waals surface area contributed by atoms with Gasteiger partial charge in [0.05, 0.1) is 0 Å². The zero-order valence-corrected chi connectivity index (χ0v) is 14.5. The van der Waals surface area contributed by atoms with Crippen LogP contribution in [0, 0.1) is 0 Å². The molecule has 0 radical (unpaired) electrons. The van der Waals surface area contributed by atoms with Gasteiger partial charge < -0.3 is 15.3 Å². The van der Waals surface area contributed by atoms with Gasteiger partial charge in [-0.1, -0.05) is 28.1 Å². The average Bonchev–Trinajstić information content (AvgIpc) is 2.67. The van der Waals surface area contributed by atoms with Crippen LogP contribution in [0.5, 0.6) is 0 Å². The Labute approximate surface area is 137 Å². The van der Waals surface area contributed by atoms with E-state index < -0.39 is 17.2 Å². The molecule has 1 aromatic rings. The molecule has 0 atom stereocenters. The Morgan fingerprint density at radius 1 is 1.36 bits per heavy atom. The summed E-state index contributed by atoms with van der Waals surface area (Å²) in [5.41, 5.74) is 3.42. The molecule has 122 valence electrons.